The van der Waals surface area contributed by atoms with Gasteiger partial charge in [0.2, 0.25) is 5.91 Å². The molecular formula is C18H18BrN5O3S. The van der Waals surface area contributed by atoms with E-state index in [-0.39, 0.29) is 17.9 Å². The molecule has 10 heteroatoms. The Morgan fingerprint density at radius 1 is 1.25 bits per heavy atom. The number of nitrogens with zero attached hydrogens (tertiary/aromatic N) is 3. The summed E-state index contributed by atoms with van der Waals surface area (Å²) in [4.78, 5) is 42.4. The molecule has 0 bridgehead atoms. The van der Waals surface area contributed by atoms with Gasteiger partial charge in [-0.05, 0) is 38.1 Å². The lowest BCUT2D eigenvalue weighted by atomic mass is 10.2. The molecule has 0 fully saturated rings. The summed E-state index contributed by atoms with van der Waals surface area (Å²) in [5.41, 5.74) is 5.90. The summed E-state index contributed by atoms with van der Waals surface area (Å²) in [6, 6.07) is 6.97. The number of anilines is 2. The van der Waals surface area contributed by atoms with Crippen LogP contribution in [0.2, 0.25) is 0 Å². The average molecular weight is 464 g/mol. The van der Waals surface area contributed by atoms with Gasteiger partial charge in [-0.2, -0.15) is 0 Å². The van der Waals surface area contributed by atoms with E-state index >= 15 is 0 Å². The van der Waals surface area contributed by atoms with Crippen molar-refractivity contribution in [1.82, 2.24) is 14.1 Å². The SMILES string of the molecule is CCn1c(N)c(-c2csc(C)n2)c(=O)n(CC(=O)Nc2ccc(Br)cc2)c1=O. The van der Waals surface area contributed by atoms with Crippen LogP contribution in [0.1, 0.15) is 11.9 Å². The molecule has 28 heavy (non-hydrogen) atoms. The third-order valence-electron chi connectivity index (χ3n) is 4.09. The number of aryl methyl sites for hydroxylation is 1. The van der Waals surface area contributed by atoms with E-state index in [0.29, 0.717) is 11.4 Å². The second kappa shape index (κ2) is 8.11. The van der Waals surface area contributed by atoms with Gasteiger partial charge in [-0.25, -0.2) is 9.78 Å². The van der Waals surface area contributed by atoms with Gasteiger partial charge < -0.3 is 11.1 Å². The maximum Gasteiger partial charge on any atom is 0.333 e. The van der Waals surface area contributed by atoms with Crippen LogP contribution in [0.5, 0.6) is 0 Å². The molecule has 0 radical (unpaired) electrons. The second-order valence-corrected chi connectivity index (χ2v) is 7.96. The van der Waals surface area contributed by atoms with Gasteiger partial charge in [0, 0.05) is 22.1 Å². The molecule has 8 nitrogen and oxygen atoms in total. The highest BCUT2D eigenvalue weighted by atomic mass is 79.9. The van der Waals surface area contributed by atoms with E-state index in [2.05, 4.69) is 26.2 Å². The summed E-state index contributed by atoms with van der Waals surface area (Å²) in [5.74, 6) is -0.443. The number of nitrogens with one attached hydrogen (secondary N) is 1. The van der Waals surface area contributed by atoms with E-state index in [1.807, 2.05) is 6.92 Å². The first-order valence-electron chi connectivity index (χ1n) is 8.42. The predicted octanol–water partition coefficient (Wildman–Crippen LogP) is 2.45. The Kier molecular flexibility index (Phi) is 5.80. The van der Waals surface area contributed by atoms with Crippen molar-refractivity contribution in [3.8, 4) is 11.3 Å². The fourth-order valence-electron chi connectivity index (χ4n) is 2.76. The molecule has 0 saturated carbocycles. The number of carbonyl (C=O) groups is 1. The van der Waals surface area contributed by atoms with Gasteiger partial charge in [0.25, 0.3) is 5.56 Å². The lowest BCUT2D eigenvalue weighted by Gasteiger charge is -2.14. The summed E-state index contributed by atoms with van der Waals surface area (Å²) in [7, 11) is 0. The Morgan fingerprint density at radius 3 is 2.50 bits per heavy atom. The number of carbonyl (C=O) groups excluding carboxylic acids is 1. The topological polar surface area (TPSA) is 112 Å². The predicted molar refractivity (Wildman–Crippen MR) is 114 cm³/mol. The zero-order valence-electron chi connectivity index (χ0n) is 15.2. The lowest BCUT2D eigenvalue weighted by molar-refractivity contribution is -0.116. The summed E-state index contributed by atoms with van der Waals surface area (Å²) >= 11 is 4.69. The van der Waals surface area contributed by atoms with Crippen molar-refractivity contribution < 1.29 is 4.79 Å². The van der Waals surface area contributed by atoms with E-state index in [9.17, 15) is 14.4 Å². The molecule has 2 heterocycles. The molecule has 1 aromatic carbocycles. The molecule has 0 unspecified atom stereocenters. The third kappa shape index (κ3) is 3.92. The molecular weight excluding hydrogens is 446 g/mol. The van der Waals surface area contributed by atoms with E-state index in [1.165, 1.54) is 15.9 Å². The number of aromatic nitrogens is 3. The fraction of sp³-hybridized carbons (Fsp3) is 0.222. The molecule has 3 rings (SSSR count). The Hall–Kier alpha value is -2.72. The maximum atomic E-state index is 13.0. The van der Waals surface area contributed by atoms with Crippen LogP contribution in [0.3, 0.4) is 0 Å². The molecule has 0 atom stereocenters. The molecule has 0 spiro atoms. The van der Waals surface area contributed by atoms with Crippen LogP contribution in [-0.4, -0.2) is 20.0 Å². The molecule has 3 aromatic rings. The van der Waals surface area contributed by atoms with Gasteiger partial charge in [-0.3, -0.25) is 18.7 Å². The minimum Gasteiger partial charge on any atom is -0.384 e. The number of benzene rings is 1. The Labute approximate surface area is 172 Å². The van der Waals surface area contributed by atoms with E-state index in [0.717, 1.165) is 14.0 Å². The summed E-state index contributed by atoms with van der Waals surface area (Å²) < 4.78 is 3.02. The van der Waals surface area contributed by atoms with Gasteiger partial charge in [-0.15, -0.1) is 11.3 Å². The number of nitrogens with two attached hydrogens (primary N) is 1. The van der Waals surface area contributed by atoms with Crippen molar-refractivity contribution in [2.24, 2.45) is 0 Å². The number of rotatable bonds is 5. The van der Waals surface area contributed by atoms with Crippen LogP contribution < -0.4 is 22.3 Å². The highest BCUT2D eigenvalue weighted by Crippen LogP contribution is 2.23. The molecule has 1 amide bonds. The minimum absolute atomic E-state index is 0.0485. The standard InChI is InChI=1S/C18H18BrN5O3S/c1-3-23-16(20)15(13-9-28-10(2)21-13)17(26)24(18(23)27)8-14(25)22-12-6-4-11(19)5-7-12/h4-7,9H,3,8,20H2,1-2H3,(H,22,25). The number of halogens is 1. The maximum absolute atomic E-state index is 13.0. The first-order valence-corrected chi connectivity index (χ1v) is 10.1. The van der Waals surface area contributed by atoms with Crippen molar-refractivity contribution in [3.05, 3.63) is 60.0 Å². The first kappa shape index (κ1) is 20.0. The van der Waals surface area contributed by atoms with Gasteiger partial charge in [0.05, 0.1) is 10.7 Å². The Balaban J connectivity index is 2.02. The van der Waals surface area contributed by atoms with Crippen LogP contribution in [0.15, 0.2) is 43.7 Å². The first-order chi connectivity index (χ1) is 13.3. The van der Waals surface area contributed by atoms with E-state index in [4.69, 9.17) is 5.73 Å². The van der Waals surface area contributed by atoms with Crippen molar-refractivity contribution in [2.45, 2.75) is 26.9 Å². The zero-order valence-corrected chi connectivity index (χ0v) is 17.6. The third-order valence-corrected chi connectivity index (χ3v) is 5.39. The quantitative estimate of drug-likeness (QED) is 0.603. The number of amides is 1. The zero-order chi connectivity index (χ0) is 20.4. The number of hydrogen-bond donors (Lipinski definition) is 2. The highest BCUT2D eigenvalue weighted by Gasteiger charge is 2.21. The lowest BCUT2D eigenvalue weighted by Crippen LogP contribution is -2.44. The number of nitrogen functional groups attached to an aromatic ring is 1. The van der Waals surface area contributed by atoms with Gasteiger partial charge in [-0.1, -0.05) is 15.9 Å². The summed E-state index contributed by atoms with van der Waals surface area (Å²) in [5, 5.41) is 5.15. The Bertz CT molecular complexity index is 1150. The van der Waals surface area contributed by atoms with Crippen molar-refractivity contribution in [1.29, 1.82) is 0 Å². The van der Waals surface area contributed by atoms with Crippen molar-refractivity contribution >= 4 is 44.7 Å². The monoisotopic (exact) mass is 463 g/mol. The molecule has 0 saturated heterocycles. The van der Waals surface area contributed by atoms with Crippen molar-refractivity contribution in [3.63, 3.8) is 0 Å². The smallest absolute Gasteiger partial charge is 0.333 e. The van der Waals surface area contributed by atoms with Crippen molar-refractivity contribution in [2.75, 3.05) is 11.1 Å². The largest absolute Gasteiger partial charge is 0.384 e. The normalized spacial score (nSPS) is 10.8. The molecule has 146 valence electrons. The van der Waals surface area contributed by atoms with E-state index < -0.39 is 23.7 Å². The average Bonchev–Trinajstić information content (AvgIpc) is 3.07. The highest BCUT2D eigenvalue weighted by molar-refractivity contribution is 9.10. The van der Waals surface area contributed by atoms with Crippen LogP contribution in [0, 0.1) is 6.92 Å². The second-order valence-electron chi connectivity index (χ2n) is 5.99. The van der Waals surface area contributed by atoms with Crippen LogP contribution in [0.4, 0.5) is 11.5 Å². The van der Waals surface area contributed by atoms with Crippen LogP contribution in [-0.2, 0) is 17.9 Å². The van der Waals surface area contributed by atoms with Gasteiger partial charge in [0.15, 0.2) is 0 Å². The van der Waals surface area contributed by atoms with E-state index in [1.54, 1.807) is 36.6 Å². The number of thiazole rings is 1. The summed E-state index contributed by atoms with van der Waals surface area (Å²) in [6.07, 6.45) is 0. The van der Waals surface area contributed by atoms with Crippen LogP contribution >= 0.6 is 27.3 Å². The number of hydrogen-bond acceptors (Lipinski definition) is 6. The summed E-state index contributed by atoms with van der Waals surface area (Å²) in [6.45, 7) is 3.38. The molecule has 3 N–H and O–H groups in total. The Morgan fingerprint density at radius 2 is 1.93 bits per heavy atom. The molecule has 0 aliphatic rings. The minimum atomic E-state index is -0.636. The molecule has 2 aromatic heterocycles. The van der Waals surface area contributed by atoms with Gasteiger partial charge >= 0.3 is 5.69 Å². The molecule has 0 aliphatic carbocycles. The van der Waals surface area contributed by atoms with Crippen LogP contribution in [0.25, 0.3) is 11.3 Å². The van der Waals surface area contributed by atoms with Gasteiger partial charge in [0.1, 0.15) is 17.9 Å². The fourth-order valence-corrected chi connectivity index (χ4v) is 3.62. The molecule has 0 aliphatic heterocycles.